The van der Waals surface area contributed by atoms with E-state index in [2.05, 4.69) is 0 Å². The topological polar surface area (TPSA) is 9.23 Å². The van der Waals surface area contributed by atoms with Crippen LogP contribution in [0.15, 0.2) is 18.2 Å². The van der Waals surface area contributed by atoms with E-state index in [1.165, 1.54) is 0 Å². The van der Waals surface area contributed by atoms with Crippen molar-refractivity contribution < 1.29 is 4.74 Å². The summed E-state index contributed by atoms with van der Waals surface area (Å²) in [6, 6.07) is 5.72. The van der Waals surface area contributed by atoms with Gasteiger partial charge in [0.05, 0.1) is 5.02 Å². The average Bonchev–Trinajstić information content (AvgIpc) is 2.04. The second-order valence-corrected chi connectivity index (χ2v) is 2.99. The van der Waals surface area contributed by atoms with Crippen molar-refractivity contribution in [2.24, 2.45) is 0 Å². The molecule has 0 aliphatic carbocycles. The van der Waals surface area contributed by atoms with Gasteiger partial charge >= 0.3 is 0 Å². The summed E-state index contributed by atoms with van der Waals surface area (Å²) in [4.78, 5) is 0. The van der Waals surface area contributed by atoms with Crippen LogP contribution >= 0.6 is 11.6 Å². The van der Waals surface area contributed by atoms with Crippen molar-refractivity contribution in [2.45, 2.75) is 20.3 Å². The van der Waals surface area contributed by atoms with E-state index in [0.717, 1.165) is 17.7 Å². The Bertz CT molecular complexity index is 238. The monoisotopic (exact) mass is 183 g/mol. The van der Waals surface area contributed by atoms with E-state index in [-0.39, 0.29) is 0 Å². The maximum absolute atomic E-state index is 5.92. The average molecular weight is 184 g/mol. The van der Waals surface area contributed by atoms with Gasteiger partial charge in [-0.1, -0.05) is 30.7 Å². The Labute approximate surface area is 78.3 Å². The molecule has 0 atom stereocenters. The molecule has 0 spiro atoms. The predicted octanol–water partition coefficient (Wildman–Crippen LogP) is 3.60. The molecule has 1 rings (SSSR count). The molecule has 65 valence electrons. The lowest BCUT2D eigenvalue weighted by Crippen LogP contribution is -1.91. The Kier molecular flexibility index (Phi) is 3.42. The summed E-state index contributed by atoms with van der Waals surface area (Å²) < 4.78 is 5.36. The van der Waals surface area contributed by atoms with Gasteiger partial charge in [-0.05, 0) is 25.0 Å². The van der Waals surface area contributed by atoms with Gasteiger partial charge in [-0.2, -0.15) is 0 Å². The molecule has 0 bridgehead atoms. The molecule has 0 saturated heterocycles. The zero-order chi connectivity index (χ0) is 8.97. The molecule has 0 aliphatic heterocycles. The molecule has 12 heavy (non-hydrogen) atoms. The van der Waals surface area contributed by atoms with Gasteiger partial charge in [0.15, 0.2) is 0 Å². The lowest BCUT2D eigenvalue weighted by Gasteiger charge is -2.08. The fourth-order valence-corrected chi connectivity index (χ4v) is 1.20. The Morgan fingerprint density at radius 2 is 2.25 bits per heavy atom. The standard InChI is InChI=1S/C10H12ClO/c1-3-7-12-10-8(2)5-4-6-9(10)11/h4-7H,3H2,1-2H3. The van der Waals surface area contributed by atoms with E-state index in [4.69, 9.17) is 16.3 Å². The van der Waals surface area contributed by atoms with Crippen LogP contribution in [0, 0.1) is 13.5 Å². The van der Waals surface area contributed by atoms with Gasteiger partial charge in [0.1, 0.15) is 12.4 Å². The summed E-state index contributed by atoms with van der Waals surface area (Å²) in [5.41, 5.74) is 1.06. The molecular formula is C10H12ClO. The first-order valence-corrected chi connectivity index (χ1v) is 4.37. The first-order chi connectivity index (χ1) is 5.75. The van der Waals surface area contributed by atoms with Gasteiger partial charge in [0.25, 0.3) is 0 Å². The van der Waals surface area contributed by atoms with E-state index < -0.39 is 0 Å². The molecule has 0 unspecified atom stereocenters. The van der Waals surface area contributed by atoms with E-state index >= 15 is 0 Å². The number of para-hydroxylation sites is 1. The molecular weight excluding hydrogens is 172 g/mol. The van der Waals surface area contributed by atoms with E-state index in [1.807, 2.05) is 32.0 Å². The molecule has 0 aliphatic rings. The fourth-order valence-electron chi connectivity index (χ4n) is 0.933. The fraction of sp³-hybridized carbons (Fsp3) is 0.300. The number of rotatable bonds is 3. The molecule has 1 aromatic carbocycles. The minimum Gasteiger partial charge on any atom is -0.485 e. The predicted molar refractivity (Wildman–Crippen MR) is 51.4 cm³/mol. The van der Waals surface area contributed by atoms with E-state index in [0.29, 0.717) is 5.02 Å². The maximum atomic E-state index is 5.92. The summed E-state index contributed by atoms with van der Waals surface area (Å²) in [6.07, 6.45) is 0.880. The highest BCUT2D eigenvalue weighted by Crippen LogP contribution is 2.28. The van der Waals surface area contributed by atoms with E-state index in [9.17, 15) is 0 Å². The summed E-state index contributed by atoms with van der Waals surface area (Å²) in [7, 11) is 0. The Balaban J connectivity index is 2.81. The van der Waals surface area contributed by atoms with Crippen LogP contribution in [0.4, 0.5) is 0 Å². The molecule has 0 amide bonds. The van der Waals surface area contributed by atoms with Crippen molar-refractivity contribution in [2.75, 3.05) is 0 Å². The summed E-state index contributed by atoms with van der Waals surface area (Å²) in [5, 5.41) is 0.666. The van der Waals surface area contributed by atoms with Crippen LogP contribution in [0.25, 0.3) is 0 Å². The van der Waals surface area contributed by atoms with Crippen molar-refractivity contribution in [1.82, 2.24) is 0 Å². The highest BCUT2D eigenvalue weighted by Gasteiger charge is 2.03. The van der Waals surface area contributed by atoms with Gasteiger partial charge in [-0.25, -0.2) is 0 Å². The number of hydrogen-bond donors (Lipinski definition) is 0. The lowest BCUT2D eigenvalue weighted by molar-refractivity contribution is 0.395. The molecule has 0 heterocycles. The second kappa shape index (κ2) is 4.36. The van der Waals surface area contributed by atoms with Gasteiger partial charge in [0.2, 0.25) is 0 Å². The Morgan fingerprint density at radius 1 is 1.50 bits per heavy atom. The van der Waals surface area contributed by atoms with Crippen molar-refractivity contribution >= 4 is 11.6 Å². The minimum atomic E-state index is 0.666. The largest absolute Gasteiger partial charge is 0.485 e. The zero-order valence-electron chi connectivity index (χ0n) is 7.30. The molecule has 0 N–H and O–H groups in total. The van der Waals surface area contributed by atoms with Crippen molar-refractivity contribution in [3.05, 3.63) is 35.4 Å². The Hall–Kier alpha value is -0.690. The number of aryl methyl sites for hydroxylation is 1. The van der Waals surface area contributed by atoms with Crippen LogP contribution in [0.2, 0.25) is 5.02 Å². The Morgan fingerprint density at radius 3 is 2.83 bits per heavy atom. The molecule has 0 saturated carbocycles. The van der Waals surface area contributed by atoms with Gasteiger partial charge < -0.3 is 4.74 Å². The molecule has 1 radical (unpaired) electrons. The van der Waals surface area contributed by atoms with Crippen LogP contribution in [-0.2, 0) is 0 Å². The number of ether oxygens (including phenoxy) is 1. The first-order valence-electron chi connectivity index (χ1n) is 3.99. The highest BCUT2D eigenvalue weighted by molar-refractivity contribution is 6.32. The molecule has 0 fully saturated rings. The number of hydrogen-bond acceptors (Lipinski definition) is 1. The lowest BCUT2D eigenvalue weighted by atomic mass is 10.2. The molecule has 1 aromatic rings. The zero-order valence-corrected chi connectivity index (χ0v) is 8.06. The van der Waals surface area contributed by atoms with Crippen LogP contribution in [0.3, 0.4) is 0 Å². The van der Waals surface area contributed by atoms with Crippen LogP contribution in [0.5, 0.6) is 5.75 Å². The normalized spacial score (nSPS) is 9.92. The SMILES string of the molecule is CC[CH]Oc1c(C)cccc1Cl. The highest BCUT2D eigenvalue weighted by atomic mass is 35.5. The van der Waals surface area contributed by atoms with Crippen molar-refractivity contribution in [3.63, 3.8) is 0 Å². The van der Waals surface area contributed by atoms with Crippen molar-refractivity contribution in [3.8, 4) is 5.75 Å². The van der Waals surface area contributed by atoms with Gasteiger partial charge in [0, 0.05) is 0 Å². The number of benzene rings is 1. The maximum Gasteiger partial charge on any atom is 0.141 e. The smallest absolute Gasteiger partial charge is 0.141 e. The quantitative estimate of drug-likeness (QED) is 0.696. The number of halogens is 1. The van der Waals surface area contributed by atoms with Gasteiger partial charge in [-0.3, -0.25) is 0 Å². The third kappa shape index (κ3) is 2.15. The van der Waals surface area contributed by atoms with E-state index in [1.54, 1.807) is 6.61 Å². The third-order valence-corrected chi connectivity index (χ3v) is 1.83. The molecule has 2 heteroatoms. The summed E-state index contributed by atoms with van der Waals surface area (Å²) in [6.45, 7) is 5.74. The summed E-state index contributed by atoms with van der Waals surface area (Å²) in [5.74, 6) is 0.765. The van der Waals surface area contributed by atoms with Crippen molar-refractivity contribution in [1.29, 1.82) is 0 Å². The van der Waals surface area contributed by atoms with Crippen LogP contribution < -0.4 is 4.74 Å². The first kappa shape index (κ1) is 9.40. The minimum absolute atomic E-state index is 0.666. The third-order valence-electron chi connectivity index (χ3n) is 1.53. The summed E-state index contributed by atoms with van der Waals surface area (Å²) >= 11 is 5.92. The molecule has 0 aromatic heterocycles. The van der Waals surface area contributed by atoms with Crippen LogP contribution in [-0.4, -0.2) is 0 Å². The van der Waals surface area contributed by atoms with Gasteiger partial charge in [-0.15, -0.1) is 0 Å². The van der Waals surface area contributed by atoms with Crippen LogP contribution in [0.1, 0.15) is 18.9 Å². The second-order valence-electron chi connectivity index (χ2n) is 2.58. The molecule has 1 nitrogen and oxygen atoms in total.